The highest BCUT2D eigenvalue weighted by Gasteiger charge is 2.20. The highest BCUT2D eigenvalue weighted by atomic mass is 32.1. The molecule has 0 radical (unpaired) electrons. The van der Waals surface area contributed by atoms with Gasteiger partial charge in [0, 0.05) is 51.7 Å². The van der Waals surface area contributed by atoms with Crippen LogP contribution in [0.3, 0.4) is 0 Å². The van der Waals surface area contributed by atoms with E-state index in [4.69, 9.17) is 4.99 Å². The number of guanidine groups is 1. The van der Waals surface area contributed by atoms with Crippen LogP contribution in [0.1, 0.15) is 36.6 Å². The third-order valence-corrected chi connectivity index (χ3v) is 6.14. The van der Waals surface area contributed by atoms with Crippen molar-refractivity contribution >= 4 is 22.4 Å². The maximum Gasteiger partial charge on any atom is 0.191 e. The number of aliphatic imine (C=N–C) groups is 1. The van der Waals surface area contributed by atoms with Crippen molar-refractivity contribution in [3.8, 4) is 0 Å². The summed E-state index contributed by atoms with van der Waals surface area (Å²) in [7, 11) is 4.03. The van der Waals surface area contributed by atoms with Gasteiger partial charge < -0.3 is 15.5 Å². The molecule has 3 rings (SSSR count). The van der Waals surface area contributed by atoms with Crippen LogP contribution in [0.5, 0.6) is 0 Å². The molecule has 6 nitrogen and oxygen atoms in total. The Labute approximate surface area is 179 Å². The lowest BCUT2D eigenvalue weighted by Gasteiger charge is -2.33. The van der Waals surface area contributed by atoms with E-state index in [-0.39, 0.29) is 0 Å². The molecule has 158 valence electrons. The molecule has 7 heteroatoms. The van der Waals surface area contributed by atoms with E-state index in [1.807, 2.05) is 19.0 Å². The van der Waals surface area contributed by atoms with Crippen molar-refractivity contribution in [3.05, 3.63) is 46.5 Å². The number of piperidine rings is 1. The second-order valence-corrected chi connectivity index (χ2v) is 8.73. The molecule has 0 aliphatic carbocycles. The van der Waals surface area contributed by atoms with Crippen LogP contribution in [-0.4, -0.2) is 55.6 Å². The van der Waals surface area contributed by atoms with Crippen LogP contribution < -0.4 is 15.5 Å². The van der Waals surface area contributed by atoms with Gasteiger partial charge in [-0.05, 0) is 32.3 Å². The third kappa shape index (κ3) is 6.72. The van der Waals surface area contributed by atoms with Crippen LogP contribution in [0.4, 0.5) is 5.13 Å². The van der Waals surface area contributed by atoms with Crippen LogP contribution >= 0.6 is 11.3 Å². The summed E-state index contributed by atoms with van der Waals surface area (Å²) in [6, 6.07) is 9.30. The monoisotopic (exact) mass is 414 g/mol. The molecule has 2 N–H and O–H groups in total. The first-order chi connectivity index (χ1) is 14.0. The Balaban J connectivity index is 1.49. The number of rotatable bonds is 7. The third-order valence-electron chi connectivity index (χ3n) is 5.08. The topological polar surface area (TPSA) is 55.8 Å². The Bertz CT molecular complexity index is 792. The van der Waals surface area contributed by atoms with Gasteiger partial charge in [-0.15, -0.1) is 11.3 Å². The first-order valence-corrected chi connectivity index (χ1v) is 11.4. The second kappa shape index (κ2) is 10.6. The second-order valence-electron chi connectivity index (χ2n) is 7.89. The van der Waals surface area contributed by atoms with Crippen molar-refractivity contribution in [2.45, 2.75) is 45.8 Å². The van der Waals surface area contributed by atoms with Gasteiger partial charge in [-0.1, -0.05) is 29.8 Å². The SMILES string of the molecule is CCNC(=NCc1csc(N(C)C)n1)NC1CCN(Cc2cccc(C)c2)CC1. The minimum absolute atomic E-state index is 0.467. The molecule has 0 bridgehead atoms. The van der Waals surface area contributed by atoms with E-state index in [9.17, 15) is 0 Å². The van der Waals surface area contributed by atoms with Crippen molar-refractivity contribution < 1.29 is 0 Å². The number of hydrogen-bond donors (Lipinski definition) is 2. The Kier molecular flexibility index (Phi) is 7.89. The zero-order valence-corrected chi connectivity index (χ0v) is 18.9. The number of thiazole rings is 1. The smallest absolute Gasteiger partial charge is 0.191 e. The van der Waals surface area contributed by atoms with Crippen molar-refractivity contribution in [1.82, 2.24) is 20.5 Å². The van der Waals surface area contributed by atoms with E-state index in [1.54, 1.807) is 11.3 Å². The number of hydrogen-bond acceptors (Lipinski definition) is 5. The van der Waals surface area contributed by atoms with Gasteiger partial charge in [0.2, 0.25) is 0 Å². The van der Waals surface area contributed by atoms with Gasteiger partial charge in [-0.3, -0.25) is 4.90 Å². The van der Waals surface area contributed by atoms with Crippen LogP contribution in [0.15, 0.2) is 34.6 Å². The average molecular weight is 415 g/mol. The Hall–Kier alpha value is -2.12. The van der Waals surface area contributed by atoms with Crippen LogP contribution in [-0.2, 0) is 13.1 Å². The summed E-state index contributed by atoms with van der Waals surface area (Å²) in [6.07, 6.45) is 2.27. The van der Waals surface area contributed by atoms with Gasteiger partial charge in [0.25, 0.3) is 0 Å². The molecule has 1 aromatic heterocycles. The number of benzene rings is 1. The number of aryl methyl sites for hydroxylation is 1. The minimum Gasteiger partial charge on any atom is -0.357 e. The number of nitrogens with zero attached hydrogens (tertiary/aromatic N) is 4. The Morgan fingerprint density at radius 1 is 1.31 bits per heavy atom. The summed E-state index contributed by atoms with van der Waals surface area (Å²) in [6.45, 7) is 9.00. The number of likely N-dealkylation sites (tertiary alicyclic amines) is 1. The van der Waals surface area contributed by atoms with Gasteiger partial charge >= 0.3 is 0 Å². The van der Waals surface area contributed by atoms with Crippen LogP contribution in [0.25, 0.3) is 0 Å². The molecule has 1 aliphatic heterocycles. The molecule has 2 aromatic rings. The van der Waals surface area contributed by atoms with Gasteiger partial charge in [-0.25, -0.2) is 9.98 Å². The van der Waals surface area contributed by atoms with Crippen molar-refractivity contribution in [2.75, 3.05) is 38.6 Å². The minimum atomic E-state index is 0.467. The van der Waals surface area contributed by atoms with Crippen molar-refractivity contribution in [3.63, 3.8) is 0 Å². The molecule has 0 amide bonds. The summed E-state index contributed by atoms with van der Waals surface area (Å²) in [4.78, 5) is 14.0. The average Bonchev–Trinajstić information content (AvgIpc) is 3.17. The van der Waals surface area contributed by atoms with Crippen LogP contribution in [0, 0.1) is 6.92 Å². The van der Waals surface area contributed by atoms with Gasteiger partial charge in [0.05, 0.1) is 12.2 Å². The van der Waals surface area contributed by atoms with E-state index in [0.29, 0.717) is 12.6 Å². The van der Waals surface area contributed by atoms with Crippen LogP contribution in [0.2, 0.25) is 0 Å². The Morgan fingerprint density at radius 2 is 2.10 bits per heavy atom. The normalized spacial score (nSPS) is 16.1. The van der Waals surface area contributed by atoms with E-state index < -0.39 is 0 Å². The maximum atomic E-state index is 4.75. The lowest BCUT2D eigenvalue weighted by molar-refractivity contribution is 0.198. The lowest BCUT2D eigenvalue weighted by Crippen LogP contribution is -2.48. The molecular formula is C22H34N6S. The fourth-order valence-corrected chi connectivity index (χ4v) is 4.30. The first-order valence-electron chi connectivity index (χ1n) is 10.5. The summed E-state index contributed by atoms with van der Waals surface area (Å²) >= 11 is 1.66. The van der Waals surface area contributed by atoms with Gasteiger partial charge in [0.15, 0.2) is 11.1 Å². The first kappa shape index (κ1) is 21.6. The molecular weight excluding hydrogens is 380 g/mol. The predicted molar refractivity (Wildman–Crippen MR) is 124 cm³/mol. The summed E-state index contributed by atoms with van der Waals surface area (Å²) in [5.41, 5.74) is 3.76. The summed E-state index contributed by atoms with van der Waals surface area (Å²) in [5, 5.41) is 10.1. The molecule has 1 aliphatic rings. The molecule has 0 spiro atoms. The van der Waals surface area contributed by atoms with Crippen molar-refractivity contribution in [2.24, 2.45) is 4.99 Å². The molecule has 29 heavy (non-hydrogen) atoms. The standard InChI is InChI=1S/C22H34N6S/c1-5-23-21(24-14-20-16-29-22(26-20)27(3)4)25-19-9-11-28(12-10-19)15-18-8-6-7-17(2)13-18/h6-8,13,16,19H,5,9-12,14-15H2,1-4H3,(H2,23,24,25). The van der Waals surface area contributed by atoms with E-state index in [2.05, 4.69) is 64.0 Å². The van der Waals surface area contributed by atoms with Gasteiger partial charge in [-0.2, -0.15) is 0 Å². The molecule has 2 heterocycles. The molecule has 1 fully saturated rings. The molecule has 0 saturated carbocycles. The molecule has 0 atom stereocenters. The van der Waals surface area contributed by atoms with E-state index in [1.165, 1.54) is 11.1 Å². The largest absolute Gasteiger partial charge is 0.357 e. The van der Waals surface area contributed by atoms with Gasteiger partial charge in [0.1, 0.15) is 0 Å². The lowest BCUT2D eigenvalue weighted by atomic mass is 10.0. The number of anilines is 1. The van der Waals surface area contributed by atoms with Crippen molar-refractivity contribution in [1.29, 1.82) is 0 Å². The predicted octanol–water partition coefficient (Wildman–Crippen LogP) is 3.24. The maximum absolute atomic E-state index is 4.75. The Morgan fingerprint density at radius 3 is 2.76 bits per heavy atom. The molecule has 1 aromatic carbocycles. The zero-order valence-electron chi connectivity index (χ0n) is 18.1. The molecule has 0 unspecified atom stereocenters. The quantitative estimate of drug-likeness (QED) is 0.538. The number of nitrogens with one attached hydrogen (secondary N) is 2. The van der Waals surface area contributed by atoms with E-state index >= 15 is 0 Å². The highest BCUT2D eigenvalue weighted by molar-refractivity contribution is 7.13. The zero-order chi connectivity index (χ0) is 20.6. The summed E-state index contributed by atoms with van der Waals surface area (Å²) < 4.78 is 0. The van der Waals surface area contributed by atoms with E-state index in [0.717, 1.165) is 55.8 Å². The highest BCUT2D eigenvalue weighted by Crippen LogP contribution is 2.18. The number of aromatic nitrogens is 1. The summed E-state index contributed by atoms with van der Waals surface area (Å²) in [5.74, 6) is 0.893. The molecule has 1 saturated heterocycles. The fourth-order valence-electron chi connectivity index (χ4n) is 3.55. The fraction of sp³-hybridized carbons (Fsp3) is 0.545.